The molecule has 1 spiro atoms. The standard InChI is InChI=1S/C32H31FO4/c1-31(2)12-4-5-26(31)24-13-19(6-10-23(24)25-14-21(36-3)9-11-29(25)33)18-37-22-8-7-20-16-32(27(20)15-22)17-28(32)30(34)35/h5-11,13-15,28H,4,12,16-18H2,1-3H3,(H,34,35)/t28-,32-/m0/s1. The van der Waals surface area contributed by atoms with E-state index in [0.29, 0.717) is 17.9 Å². The van der Waals surface area contributed by atoms with Crippen LogP contribution in [0.1, 0.15) is 55.4 Å². The van der Waals surface area contributed by atoms with E-state index >= 15 is 4.39 Å². The van der Waals surface area contributed by atoms with E-state index in [4.69, 9.17) is 9.47 Å². The van der Waals surface area contributed by atoms with Crippen LogP contribution in [-0.2, 0) is 23.2 Å². The highest BCUT2D eigenvalue weighted by atomic mass is 19.1. The van der Waals surface area contributed by atoms with Gasteiger partial charge in [0.15, 0.2) is 0 Å². The second kappa shape index (κ2) is 8.47. The average molecular weight is 499 g/mol. The van der Waals surface area contributed by atoms with Crippen LogP contribution >= 0.6 is 0 Å². The second-order valence-corrected chi connectivity index (χ2v) is 11.3. The van der Waals surface area contributed by atoms with E-state index in [-0.39, 0.29) is 22.6 Å². The van der Waals surface area contributed by atoms with Crippen LogP contribution in [0.4, 0.5) is 4.39 Å². The highest BCUT2D eigenvalue weighted by Crippen LogP contribution is 2.63. The fourth-order valence-corrected chi connectivity index (χ4v) is 6.32. The molecule has 0 saturated heterocycles. The molecule has 1 fully saturated rings. The average Bonchev–Trinajstić information content (AvgIpc) is 3.55. The Labute approximate surface area is 216 Å². The minimum Gasteiger partial charge on any atom is -0.497 e. The molecule has 4 nitrogen and oxygen atoms in total. The van der Waals surface area contributed by atoms with Gasteiger partial charge in [-0.25, -0.2) is 4.39 Å². The predicted molar refractivity (Wildman–Crippen MR) is 141 cm³/mol. The number of carboxylic acids is 1. The molecule has 2 atom stereocenters. The Morgan fingerprint density at radius 3 is 2.54 bits per heavy atom. The first-order chi connectivity index (χ1) is 17.7. The van der Waals surface area contributed by atoms with Crippen molar-refractivity contribution in [3.63, 3.8) is 0 Å². The molecule has 0 aliphatic heterocycles. The van der Waals surface area contributed by atoms with E-state index in [9.17, 15) is 9.90 Å². The van der Waals surface area contributed by atoms with E-state index in [1.54, 1.807) is 19.2 Å². The molecule has 1 N–H and O–H groups in total. The molecular weight excluding hydrogens is 467 g/mol. The van der Waals surface area contributed by atoms with E-state index in [1.165, 1.54) is 17.2 Å². The van der Waals surface area contributed by atoms with Gasteiger partial charge in [-0.1, -0.05) is 38.1 Å². The number of aliphatic carboxylic acids is 1. The monoisotopic (exact) mass is 498 g/mol. The molecule has 6 rings (SSSR count). The summed E-state index contributed by atoms with van der Waals surface area (Å²) < 4.78 is 26.6. The summed E-state index contributed by atoms with van der Waals surface area (Å²) in [5.41, 5.74) is 6.77. The molecule has 37 heavy (non-hydrogen) atoms. The minimum atomic E-state index is -0.707. The van der Waals surface area contributed by atoms with E-state index in [0.717, 1.165) is 53.7 Å². The number of allylic oxidation sites excluding steroid dienone is 2. The molecule has 0 radical (unpaired) electrons. The summed E-state index contributed by atoms with van der Waals surface area (Å²) >= 11 is 0. The van der Waals surface area contributed by atoms with Crippen LogP contribution in [0.15, 0.2) is 60.7 Å². The first-order valence-electron chi connectivity index (χ1n) is 12.9. The van der Waals surface area contributed by atoms with Crippen LogP contribution in [0, 0.1) is 17.2 Å². The Morgan fingerprint density at radius 1 is 1.03 bits per heavy atom. The largest absolute Gasteiger partial charge is 0.497 e. The Kier molecular flexibility index (Phi) is 5.45. The lowest BCUT2D eigenvalue weighted by Crippen LogP contribution is -2.29. The van der Waals surface area contributed by atoms with Crippen LogP contribution in [-0.4, -0.2) is 18.2 Å². The number of rotatable bonds is 7. The van der Waals surface area contributed by atoms with E-state index in [2.05, 4.69) is 32.1 Å². The summed E-state index contributed by atoms with van der Waals surface area (Å²) in [6.07, 6.45) is 5.88. The van der Waals surface area contributed by atoms with Gasteiger partial charge in [-0.15, -0.1) is 0 Å². The smallest absolute Gasteiger partial charge is 0.307 e. The molecule has 190 valence electrons. The van der Waals surface area contributed by atoms with Gasteiger partial charge in [0, 0.05) is 11.0 Å². The van der Waals surface area contributed by atoms with Crippen molar-refractivity contribution >= 4 is 11.5 Å². The lowest BCUT2D eigenvalue weighted by atomic mass is 9.73. The van der Waals surface area contributed by atoms with Crippen LogP contribution in [0.5, 0.6) is 11.5 Å². The third-order valence-corrected chi connectivity index (χ3v) is 8.59. The number of methoxy groups -OCH3 is 1. The third-order valence-electron chi connectivity index (χ3n) is 8.59. The van der Waals surface area contributed by atoms with Gasteiger partial charge in [0.2, 0.25) is 0 Å². The van der Waals surface area contributed by atoms with Gasteiger partial charge in [0.1, 0.15) is 23.9 Å². The fraction of sp³-hybridized carbons (Fsp3) is 0.344. The number of ether oxygens (including phenoxy) is 2. The topological polar surface area (TPSA) is 55.8 Å². The summed E-state index contributed by atoms with van der Waals surface area (Å²) in [6, 6.07) is 17.0. The Balaban J connectivity index is 1.31. The molecule has 0 aromatic heterocycles. The first kappa shape index (κ1) is 23.8. The number of carboxylic acid groups (broad SMARTS) is 1. The van der Waals surface area contributed by atoms with Crippen molar-refractivity contribution in [2.24, 2.45) is 11.3 Å². The lowest BCUT2D eigenvalue weighted by Gasteiger charge is -2.31. The van der Waals surface area contributed by atoms with Crippen molar-refractivity contribution in [2.75, 3.05) is 7.11 Å². The van der Waals surface area contributed by atoms with Crippen LogP contribution in [0.2, 0.25) is 0 Å². The number of benzene rings is 3. The number of fused-ring (bicyclic) bond motifs is 2. The van der Waals surface area contributed by atoms with Crippen molar-refractivity contribution in [3.05, 3.63) is 88.7 Å². The van der Waals surface area contributed by atoms with Gasteiger partial charge in [0.25, 0.3) is 0 Å². The van der Waals surface area contributed by atoms with Crippen LogP contribution < -0.4 is 9.47 Å². The minimum absolute atomic E-state index is 0.00935. The van der Waals surface area contributed by atoms with Crippen LogP contribution in [0.25, 0.3) is 16.7 Å². The molecule has 0 amide bonds. The maximum absolute atomic E-state index is 15.0. The van der Waals surface area contributed by atoms with Crippen molar-refractivity contribution < 1.29 is 23.8 Å². The van der Waals surface area contributed by atoms with Gasteiger partial charge < -0.3 is 14.6 Å². The number of hydrogen-bond donors (Lipinski definition) is 1. The zero-order valence-corrected chi connectivity index (χ0v) is 21.4. The van der Waals surface area contributed by atoms with Crippen molar-refractivity contribution in [3.8, 4) is 22.6 Å². The zero-order chi connectivity index (χ0) is 25.9. The Bertz CT molecular complexity index is 1450. The molecule has 3 aliphatic rings. The Hall–Kier alpha value is -3.60. The first-order valence-corrected chi connectivity index (χ1v) is 12.9. The maximum Gasteiger partial charge on any atom is 0.307 e. The van der Waals surface area contributed by atoms with Crippen molar-refractivity contribution in [1.82, 2.24) is 0 Å². The summed E-state index contributed by atoms with van der Waals surface area (Å²) in [6.45, 7) is 4.84. The SMILES string of the molecule is COc1ccc(F)c(-c2ccc(COc3ccc4c(c3)[C@]3(C4)C[C@H]3C(=O)O)cc2C2=CCCC2(C)C)c1. The fourth-order valence-electron chi connectivity index (χ4n) is 6.32. The molecule has 5 heteroatoms. The zero-order valence-electron chi connectivity index (χ0n) is 21.4. The molecule has 0 unspecified atom stereocenters. The molecule has 3 aromatic rings. The molecule has 3 aliphatic carbocycles. The van der Waals surface area contributed by atoms with Crippen molar-refractivity contribution in [2.45, 2.75) is 51.6 Å². The van der Waals surface area contributed by atoms with Gasteiger partial charge in [-0.2, -0.15) is 0 Å². The normalized spacial score (nSPS) is 22.7. The second-order valence-electron chi connectivity index (χ2n) is 11.3. The van der Waals surface area contributed by atoms with E-state index < -0.39 is 5.97 Å². The number of halogens is 1. The van der Waals surface area contributed by atoms with Crippen LogP contribution in [0.3, 0.4) is 0 Å². The quantitative estimate of drug-likeness (QED) is 0.375. The molecule has 3 aromatic carbocycles. The Morgan fingerprint density at radius 2 is 1.84 bits per heavy atom. The van der Waals surface area contributed by atoms with Gasteiger partial charge in [0.05, 0.1) is 13.0 Å². The van der Waals surface area contributed by atoms with Crippen molar-refractivity contribution in [1.29, 1.82) is 0 Å². The van der Waals surface area contributed by atoms with Gasteiger partial charge >= 0.3 is 5.97 Å². The molecular formula is C32H31FO4. The summed E-state index contributed by atoms with van der Waals surface area (Å²) in [5.74, 6) is 0.109. The third kappa shape index (κ3) is 3.92. The lowest BCUT2D eigenvalue weighted by molar-refractivity contribution is -0.139. The number of hydrogen-bond acceptors (Lipinski definition) is 3. The highest BCUT2D eigenvalue weighted by Gasteiger charge is 2.64. The summed E-state index contributed by atoms with van der Waals surface area (Å²) in [7, 11) is 1.59. The van der Waals surface area contributed by atoms with Gasteiger partial charge in [-0.3, -0.25) is 4.79 Å². The van der Waals surface area contributed by atoms with E-state index in [1.807, 2.05) is 24.3 Å². The van der Waals surface area contributed by atoms with Gasteiger partial charge in [-0.05, 0) is 101 Å². The summed E-state index contributed by atoms with van der Waals surface area (Å²) in [5, 5.41) is 9.44. The molecule has 0 heterocycles. The molecule has 0 bridgehead atoms. The number of carbonyl (C=O) groups is 1. The summed E-state index contributed by atoms with van der Waals surface area (Å²) in [4.78, 5) is 11.5. The predicted octanol–water partition coefficient (Wildman–Crippen LogP) is 7.18. The highest BCUT2D eigenvalue weighted by molar-refractivity contribution is 5.85. The molecule has 1 saturated carbocycles. The maximum atomic E-state index is 15.0.